The van der Waals surface area contributed by atoms with Crippen LogP contribution in [0.4, 0.5) is 4.79 Å². The van der Waals surface area contributed by atoms with E-state index >= 15 is 0 Å². The number of fused-ring (bicyclic) bond motifs is 1. The van der Waals surface area contributed by atoms with Crippen molar-refractivity contribution in [3.05, 3.63) is 54.1 Å². The van der Waals surface area contributed by atoms with Crippen LogP contribution in [-0.2, 0) is 6.42 Å². The van der Waals surface area contributed by atoms with Crippen molar-refractivity contribution >= 4 is 6.03 Å². The fraction of sp³-hybridized carbons (Fsp3) is 0.231. The molecule has 17 heavy (non-hydrogen) atoms. The van der Waals surface area contributed by atoms with Crippen LogP contribution in [0.5, 0.6) is 0 Å². The smallest absolute Gasteiger partial charge is 0.326 e. The second-order valence-electron chi connectivity index (χ2n) is 4.26. The van der Waals surface area contributed by atoms with Crippen LogP contribution in [0.3, 0.4) is 0 Å². The molecule has 4 nitrogen and oxygen atoms in total. The number of carbonyl (C=O) groups excluding carboxylic acids is 1. The van der Waals surface area contributed by atoms with Gasteiger partial charge < -0.3 is 5.32 Å². The maximum Gasteiger partial charge on any atom is 0.326 e. The van der Waals surface area contributed by atoms with Gasteiger partial charge in [0, 0.05) is 24.9 Å². The Bertz CT molecular complexity index is 533. The highest BCUT2D eigenvalue weighted by Gasteiger charge is 2.25. The van der Waals surface area contributed by atoms with Crippen LogP contribution in [0.1, 0.15) is 17.0 Å². The standard InChI is InChI=1S/C13H13N3O/c17-13(16-6-5-14-9-16)15-8-11-7-10-3-1-2-4-12(10)11/h1-6,9,11H,7-8H2,(H,15,17). The summed E-state index contributed by atoms with van der Waals surface area (Å²) < 4.78 is 1.45. The predicted octanol–water partition coefficient (Wildman–Crippen LogP) is 1.78. The topological polar surface area (TPSA) is 46.9 Å². The molecule has 0 saturated carbocycles. The van der Waals surface area contributed by atoms with Gasteiger partial charge in [0.05, 0.1) is 0 Å². The lowest BCUT2D eigenvalue weighted by molar-refractivity contribution is 0.241. The molecular formula is C13H13N3O. The number of rotatable bonds is 2. The quantitative estimate of drug-likeness (QED) is 0.850. The average Bonchev–Trinajstić information content (AvgIpc) is 2.83. The van der Waals surface area contributed by atoms with E-state index < -0.39 is 0 Å². The van der Waals surface area contributed by atoms with E-state index in [1.807, 2.05) is 6.07 Å². The SMILES string of the molecule is O=C(NCC1Cc2ccccc21)n1ccnc1. The molecule has 2 aromatic rings. The Balaban J connectivity index is 1.59. The van der Waals surface area contributed by atoms with Crippen molar-refractivity contribution in [2.75, 3.05) is 6.54 Å². The first-order valence-electron chi connectivity index (χ1n) is 5.68. The maximum absolute atomic E-state index is 11.7. The number of hydrogen-bond donors (Lipinski definition) is 1. The molecule has 1 N–H and O–H groups in total. The summed E-state index contributed by atoms with van der Waals surface area (Å²) in [6.07, 6.45) is 5.80. The van der Waals surface area contributed by atoms with Gasteiger partial charge >= 0.3 is 6.03 Å². The van der Waals surface area contributed by atoms with Gasteiger partial charge in [-0.3, -0.25) is 4.57 Å². The summed E-state index contributed by atoms with van der Waals surface area (Å²) in [5.74, 6) is 0.457. The second-order valence-corrected chi connectivity index (χ2v) is 4.26. The Morgan fingerprint density at radius 3 is 3.12 bits per heavy atom. The number of carbonyl (C=O) groups is 1. The molecule has 0 radical (unpaired) electrons. The van der Waals surface area contributed by atoms with Crippen molar-refractivity contribution in [2.45, 2.75) is 12.3 Å². The summed E-state index contributed by atoms with van der Waals surface area (Å²) in [6.45, 7) is 0.689. The van der Waals surface area contributed by atoms with Crippen molar-refractivity contribution in [2.24, 2.45) is 0 Å². The molecule has 0 aliphatic heterocycles. The number of nitrogens with zero attached hydrogens (tertiary/aromatic N) is 2. The van der Waals surface area contributed by atoms with Crippen LogP contribution in [0.15, 0.2) is 43.0 Å². The number of imidazole rings is 1. The van der Waals surface area contributed by atoms with Gasteiger partial charge in [-0.15, -0.1) is 0 Å². The number of hydrogen-bond acceptors (Lipinski definition) is 2. The molecule has 0 spiro atoms. The van der Waals surface area contributed by atoms with Crippen LogP contribution in [-0.4, -0.2) is 22.1 Å². The van der Waals surface area contributed by atoms with Crippen molar-refractivity contribution in [1.82, 2.24) is 14.9 Å². The minimum atomic E-state index is -0.119. The van der Waals surface area contributed by atoms with Crippen LogP contribution in [0, 0.1) is 0 Å². The molecule has 0 fully saturated rings. The average molecular weight is 227 g/mol. The molecule has 3 rings (SSSR count). The van der Waals surface area contributed by atoms with Gasteiger partial charge in [0.1, 0.15) is 6.33 Å². The number of amides is 1. The van der Waals surface area contributed by atoms with Crippen molar-refractivity contribution in [1.29, 1.82) is 0 Å². The normalized spacial score (nSPS) is 17.1. The van der Waals surface area contributed by atoms with Gasteiger partial charge in [0.15, 0.2) is 0 Å². The van der Waals surface area contributed by atoms with E-state index in [2.05, 4.69) is 28.5 Å². The third-order valence-electron chi connectivity index (χ3n) is 3.20. The summed E-state index contributed by atoms with van der Waals surface area (Å²) >= 11 is 0. The molecule has 1 atom stereocenters. The summed E-state index contributed by atoms with van der Waals surface area (Å²) in [4.78, 5) is 15.5. The number of aromatic nitrogens is 2. The van der Waals surface area contributed by atoms with Crippen molar-refractivity contribution < 1.29 is 4.79 Å². The lowest BCUT2D eigenvalue weighted by Crippen LogP contribution is -2.35. The highest BCUT2D eigenvalue weighted by Crippen LogP contribution is 2.33. The van der Waals surface area contributed by atoms with Gasteiger partial charge in [0.2, 0.25) is 0 Å². The zero-order chi connectivity index (χ0) is 11.7. The lowest BCUT2D eigenvalue weighted by atomic mass is 9.78. The molecule has 1 aliphatic rings. The third-order valence-corrected chi connectivity index (χ3v) is 3.20. The van der Waals surface area contributed by atoms with Gasteiger partial charge in [-0.05, 0) is 17.5 Å². The first-order valence-corrected chi connectivity index (χ1v) is 5.68. The molecule has 0 bridgehead atoms. The summed E-state index contributed by atoms with van der Waals surface area (Å²) in [5.41, 5.74) is 2.76. The molecule has 1 aliphatic carbocycles. The first kappa shape index (κ1) is 10.1. The fourth-order valence-electron chi connectivity index (χ4n) is 2.23. The Hall–Kier alpha value is -2.10. The molecule has 1 aromatic heterocycles. The van der Waals surface area contributed by atoms with Crippen LogP contribution < -0.4 is 5.32 Å². The van der Waals surface area contributed by atoms with Crippen molar-refractivity contribution in [3.63, 3.8) is 0 Å². The Labute approximate surface area is 99.3 Å². The highest BCUT2D eigenvalue weighted by atomic mass is 16.2. The van der Waals surface area contributed by atoms with Gasteiger partial charge in [0.25, 0.3) is 0 Å². The van der Waals surface area contributed by atoms with E-state index in [9.17, 15) is 4.79 Å². The Kier molecular flexibility index (Phi) is 2.40. The number of nitrogens with one attached hydrogen (secondary N) is 1. The van der Waals surface area contributed by atoms with Crippen LogP contribution in [0.2, 0.25) is 0 Å². The van der Waals surface area contributed by atoms with Gasteiger partial charge in [-0.1, -0.05) is 24.3 Å². The molecule has 1 unspecified atom stereocenters. The summed E-state index contributed by atoms with van der Waals surface area (Å²) in [5, 5.41) is 2.91. The maximum atomic E-state index is 11.7. The van der Waals surface area contributed by atoms with Crippen LogP contribution >= 0.6 is 0 Å². The van der Waals surface area contributed by atoms with Crippen molar-refractivity contribution in [3.8, 4) is 0 Å². The van der Waals surface area contributed by atoms with E-state index in [0.717, 1.165) is 6.42 Å². The summed E-state index contributed by atoms with van der Waals surface area (Å²) in [7, 11) is 0. The minimum absolute atomic E-state index is 0.119. The molecule has 1 amide bonds. The molecule has 86 valence electrons. The zero-order valence-electron chi connectivity index (χ0n) is 9.34. The number of benzene rings is 1. The Morgan fingerprint density at radius 1 is 1.47 bits per heavy atom. The molecule has 4 heteroatoms. The highest BCUT2D eigenvalue weighted by molar-refractivity contribution is 5.76. The third kappa shape index (κ3) is 1.82. The molecule has 0 saturated heterocycles. The largest absolute Gasteiger partial charge is 0.337 e. The van der Waals surface area contributed by atoms with Gasteiger partial charge in [-0.2, -0.15) is 0 Å². The Morgan fingerprint density at radius 2 is 2.35 bits per heavy atom. The monoisotopic (exact) mass is 227 g/mol. The molecular weight excluding hydrogens is 214 g/mol. The molecule has 1 aromatic carbocycles. The fourth-order valence-corrected chi connectivity index (χ4v) is 2.23. The zero-order valence-corrected chi connectivity index (χ0v) is 9.34. The first-order chi connectivity index (χ1) is 8.34. The van der Waals surface area contributed by atoms with E-state index in [-0.39, 0.29) is 6.03 Å². The minimum Gasteiger partial charge on any atom is -0.337 e. The second kappa shape index (κ2) is 4.05. The van der Waals surface area contributed by atoms with Crippen LogP contribution in [0.25, 0.3) is 0 Å². The molecule has 1 heterocycles. The predicted molar refractivity (Wildman–Crippen MR) is 63.9 cm³/mol. The van der Waals surface area contributed by atoms with Gasteiger partial charge in [-0.25, -0.2) is 9.78 Å². The summed E-state index contributed by atoms with van der Waals surface area (Å²) in [6, 6.07) is 8.25. The lowest BCUT2D eigenvalue weighted by Gasteiger charge is -2.30. The van der Waals surface area contributed by atoms with E-state index in [0.29, 0.717) is 12.5 Å². The van der Waals surface area contributed by atoms with E-state index in [1.165, 1.54) is 22.0 Å². The van der Waals surface area contributed by atoms with E-state index in [1.54, 1.807) is 12.4 Å². The van der Waals surface area contributed by atoms with E-state index in [4.69, 9.17) is 0 Å².